The maximum atomic E-state index is 13.8. The van der Waals surface area contributed by atoms with Crippen molar-refractivity contribution in [3.8, 4) is 11.5 Å². The van der Waals surface area contributed by atoms with Crippen LogP contribution in [0.25, 0.3) is 6.08 Å². The molecule has 4 atom stereocenters. The predicted molar refractivity (Wildman–Crippen MR) is 143 cm³/mol. The lowest BCUT2D eigenvalue weighted by Gasteiger charge is -2.34. The lowest BCUT2D eigenvalue weighted by molar-refractivity contribution is -0.144. The number of ether oxygens (including phenoxy) is 2. The molecule has 2 heterocycles. The largest absolute Gasteiger partial charge is 0.496 e. The molecular weight excluding hydrogens is 472 g/mol. The number of methoxy groups -OCH3 is 1. The summed E-state index contributed by atoms with van der Waals surface area (Å²) >= 11 is 0. The number of fused-ring (bicyclic) bond motifs is 3. The summed E-state index contributed by atoms with van der Waals surface area (Å²) in [6.07, 6.45) is 4.37. The van der Waals surface area contributed by atoms with Gasteiger partial charge in [0.2, 0.25) is 17.7 Å². The number of amides is 3. The molecule has 3 amide bonds. The number of hydrogen-bond acceptors (Lipinski definition) is 6. The highest BCUT2D eigenvalue weighted by Crippen LogP contribution is 2.30. The van der Waals surface area contributed by atoms with Gasteiger partial charge in [-0.1, -0.05) is 27.7 Å². The van der Waals surface area contributed by atoms with E-state index < -0.39 is 18.2 Å². The predicted octanol–water partition coefficient (Wildman–Crippen LogP) is 2.65. The second-order valence-electron chi connectivity index (χ2n) is 11.0. The fourth-order valence-corrected chi connectivity index (χ4v) is 4.98. The van der Waals surface area contributed by atoms with Crippen LogP contribution in [0.3, 0.4) is 0 Å². The Kier molecular flexibility index (Phi) is 9.59. The standard InChI is InChI=1S/C28H42N4O5/c1-17(2)14-21-26(33)29-12-10-19-16-20(8-9-23(19)36-7)37-24-11-13-32(25(24)27(34)30-21)28(35)22(31(5)6)15-18(3)4/h8-10,12,16-18,21-22,24-25H,11,13-15H2,1-7H3,(H,29,33)(H,30,34)/t21-,22-,24+,25-/m0/s1. The van der Waals surface area contributed by atoms with Crippen LogP contribution in [-0.2, 0) is 14.4 Å². The molecule has 0 aliphatic carbocycles. The van der Waals surface area contributed by atoms with Gasteiger partial charge in [0.05, 0.1) is 13.2 Å². The number of hydrogen-bond donors (Lipinski definition) is 2. The molecule has 2 aliphatic rings. The Morgan fingerprint density at radius 1 is 1.16 bits per heavy atom. The van der Waals surface area contributed by atoms with Gasteiger partial charge in [-0.05, 0) is 63.0 Å². The van der Waals surface area contributed by atoms with Crippen LogP contribution in [0, 0.1) is 11.8 Å². The van der Waals surface area contributed by atoms with Gasteiger partial charge in [0.15, 0.2) is 0 Å². The van der Waals surface area contributed by atoms with Crippen molar-refractivity contribution >= 4 is 23.8 Å². The van der Waals surface area contributed by atoms with Crippen molar-refractivity contribution in [1.29, 1.82) is 0 Å². The minimum atomic E-state index is -0.858. The third-order valence-corrected chi connectivity index (χ3v) is 6.81. The maximum Gasteiger partial charge on any atom is 0.247 e. The first kappa shape index (κ1) is 28.5. The molecule has 2 N–H and O–H groups in total. The molecule has 9 heteroatoms. The first-order valence-electron chi connectivity index (χ1n) is 13.1. The Labute approximate surface area is 220 Å². The molecule has 1 aromatic rings. The van der Waals surface area contributed by atoms with E-state index in [1.165, 1.54) is 0 Å². The van der Waals surface area contributed by atoms with Gasteiger partial charge in [0.1, 0.15) is 29.7 Å². The van der Waals surface area contributed by atoms with Gasteiger partial charge in [-0.15, -0.1) is 0 Å². The quantitative estimate of drug-likeness (QED) is 0.580. The molecule has 3 rings (SSSR count). The number of carbonyl (C=O) groups is 3. The Hall–Kier alpha value is -3.07. The molecule has 37 heavy (non-hydrogen) atoms. The number of nitrogens with zero attached hydrogens (tertiary/aromatic N) is 2. The van der Waals surface area contributed by atoms with Gasteiger partial charge in [-0.25, -0.2) is 0 Å². The summed E-state index contributed by atoms with van der Waals surface area (Å²) in [6, 6.07) is 3.42. The zero-order valence-electron chi connectivity index (χ0n) is 23.1. The number of benzene rings is 1. The second kappa shape index (κ2) is 12.4. The van der Waals surface area contributed by atoms with Gasteiger partial charge in [0, 0.05) is 24.7 Å². The van der Waals surface area contributed by atoms with Crippen molar-refractivity contribution in [2.45, 2.75) is 71.2 Å². The van der Waals surface area contributed by atoms with Crippen LogP contribution >= 0.6 is 0 Å². The van der Waals surface area contributed by atoms with Gasteiger partial charge >= 0.3 is 0 Å². The van der Waals surface area contributed by atoms with Crippen LogP contribution in [-0.4, -0.2) is 79.5 Å². The van der Waals surface area contributed by atoms with E-state index in [9.17, 15) is 14.4 Å². The molecule has 2 bridgehead atoms. The van der Waals surface area contributed by atoms with E-state index in [1.807, 2.05) is 38.9 Å². The zero-order chi connectivity index (χ0) is 27.3. The highest BCUT2D eigenvalue weighted by atomic mass is 16.5. The number of likely N-dealkylation sites (tertiary alicyclic amines) is 1. The summed E-state index contributed by atoms with van der Waals surface area (Å²) in [5.41, 5.74) is 0.728. The summed E-state index contributed by atoms with van der Waals surface area (Å²) in [4.78, 5) is 44.2. The van der Waals surface area contributed by atoms with Crippen molar-refractivity contribution in [1.82, 2.24) is 20.4 Å². The molecular formula is C28H42N4O5. The fraction of sp³-hybridized carbons (Fsp3) is 0.607. The molecule has 1 fully saturated rings. The molecule has 0 radical (unpaired) electrons. The first-order chi connectivity index (χ1) is 17.5. The molecule has 0 unspecified atom stereocenters. The van der Waals surface area contributed by atoms with E-state index in [-0.39, 0.29) is 29.7 Å². The summed E-state index contributed by atoms with van der Waals surface area (Å²) in [6.45, 7) is 8.55. The Bertz CT molecular complexity index is 1010. The zero-order valence-corrected chi connectivity index (χ0v) is 23.1. The van der Waals surface area contributed by atoms with Crippen molar-refractivity contribution in [2.24, 2.45) is 11.8 Å². The third kappa shape index (κ3) is 7.03. The average Bonchev–Trinajstić information content (AvgIpc) is 3.24. The number of likely N-dealkylation sites (N-methyl/N-ethyl adjacent to an activating group) is 1. The van der Waals surface area contributed by atoms with E-state index in [4.69, 9.17) is 9.47 Å². The molecule has 9 nitrogen and oxygen atoms in total. The van der Waals surface area contributed by atoms with Crippen LogP contribution in [0.4, 0.5) is 0 Å². The van der Waals surface area contributed by atoms with Gasteiger partial charge in [0.25, 0.3) is 0 Å². The van der Waals surface area contributed by atoms with Crippen molar-refractivity contribution < 1.29 is 23.9 Å². The van der Waals surface area contributed by atoms with Crippen molar-refractivity contribution in [3.63, 3.8) is 0 Å². The SMILES string of the molecule is COc1ccc2cc1C=CNC(=O)[C@H](CC(C)C)NC(=O)[C@@H]1[C@@H](CCN1C(=O)[C@H](CC(C)C)N(C)C)O2. The van der Waals surface area contributed by atoms with Crippen molar-refractivity contribution in [2.75, 3.05) is 27.7 Å². The summed E-state index contributed by atoms with van der Waals surface area (Å²) in [5.74, 6) is 0.877. The number of rotatable bonds is 7. The lowest BCUT2D eigenvalue weighted by Crippen LogP contribution is -2.58. The average molecular weight is 515 g/mol. The smallest absolute Gasteiger partial charge is 0.247 e. The number of carbonyl (C=O) groups excluding carboxylic acids is 3. The van der Waals surface area contributed by atoms with Gasteiger partial charge in [-0.2, -0.15) is 0 Å². The minimum Gasteiger partial charge on any atom is -0.496 e. The topological polar surface area (TPSA) is 100 Å². The normalized spacial score (nSPS) is 23.0. The van der Waals surface area contributed by atoms with Crippen LogP contribution in [0.2, 0.25) is 0 Å². The summed E-state index contributed by atoms with van der Waals surface area (Å²) in [5, 5.41) is 5.72. The molecule has 1 aromatic carbocycles. The van der Waals surface area contributed by atoms with Crippen molar-refractivity contribution in [3.05, 3.63) is 30.0 Å². The summed E-state index contributed by atoms with van der Waals surface area (Å²) in [7, 11) is 5.35. The van der Waals surface area contributed by atoms with E-state index in [0.717, 1.165) is 5.56 Å². The fourth-order valence-electron chi connectivity index (χ4n) is 4.98. The monoisotopic (exact) mass is 514 g/mol. The van der Waals surface area contributed by atoms with Crippen LogP contribution in [0.15, 0.2) is 24.4 Å². The van der Waals surface area contributed by atoms with E-state index in [1.54, 1.807) is 36.4 Å². The second-order valence-corrected chi connectivity index (χ2v) is 11.0. The molecule has 204 valence electrons. The Morgan fingerprint density at radius 3 is 2.51 bits per heavy atom. The van der Waals surface area contributed by atoms with E-state index in [0.29, 0.717) is 43.2 Å². The highest BCUT2D eigenvalue weighted by molar-refractivity contribution is 5.94. The van der Waals surface area contributed by atoms with E-state index in [2.05, 4.69) is 24.5 Å². The van der Waals surface area contributed by atoms with Crippen LogP contribution in [0.5, 0.6) is 11.5 Å². The van der Waals surface area contributed by atoms with Crippen LogP contribution < -0.4 is 20.1 Å². The highest BCUT2D eigenvalue weighted by Gasteiger charge is 2.46. The molecule has 2 aliphatic heterocycles. The lowest BCUT2D eigenvalue weighted by atomic mass is 10.0. The van der Waals surface area contributed by atoms with Crippen LogP contribution in [0.1, 0.15) is 52.5 Å². The molecule has 0 saturated carbocycles. The maximum absolute atomic E-state index is 13.8. The molecule has 1 saturated heterocycles. The number of nitrogens with one attached hydrogen (secondary N) is 2. The minimum absolute atomic E-state index is 0.101. The van der Waals surface area contributed by atoms with Gasteiger partial charge < -0.3 is 25.0 Å². The molecule has 0 spiro atoms. The Morgan fingerprint density at radius 2 is 1.89 bits per heavy atom. The van der Waals surface area contributed by atoms with Gasteiger partial charge in [-0.3, -0.25) is 19.3 Å². The summed E-state index contributed by atoms with van der Waals surface area (Å²) < 4.78 is 11.8. The first-order valence-corrected chi connectivity index (χ1v) is 13.1. The van der Waals surface area contributed by atoms with E-state index >= 15 is 0 Å². The third-order valence-electron chi connectivity index (χ3n) is 6.81. The Balaban J connectivity index is 2.02. The molecule has 0 aromatic heterocycles.